The predicted molar refractivity (Wildman–Crippen MR) is 81.5 cm³/mol. The minimum absolute atomic E-state index is 0.0323. The number of hydrogen-bond donors (Lipinski definition) is 2. The number of terminal acetylenes is 1. The normalized spacial score (nSPS) is 14.8. The number of hydrogen-bond acceptors (Lipinski definition) is 3. The molecule has 2 heterocycles. The smallest absolute Gasteiger partial charge is 0.270 e. The van der Waals surface area contributed by atoms with Crippen molar-refractivity contribution in [2.24, 2.45) is 0 Å². The molecule has 0 radical (unpaired) electrons. The van der Waals surface area contributed by atoms with Crippen molar-refractivity contribution in [3.05, 3.63) is 22.5 Å². The number of H-pyrrole nitrogens is 1. The van der Waals surface area contributed by atoms with E-state index in [1.165, 1.54) is 6.92 Å². The molecule has 2 rings (SSSR count). The standard InChI is InChI=1S/C16H21N3O2/c1-4-5-6-13-14(12(3)20)11(2)18-15(13)16(21)19-9-7-17-8-10-19/h1,17-18H,5-10H2,2-3H3. The van der Waals surface area contributed by atoms with Gasteiger partial charge < -0.3 is 15.2 Å². The number of carbonyl (C=O) groups is 2. The molecule has 1 aromatic heterocycles. The quantitative estimate of drug-likeness (QED) is 0.644. The van der Waals surface area contributed by atoms with Crippen molar-refractivity contribution < 1.29 is 9.59 Å². The van der Waals surface area contributed by atoms with E-state index in [1.54, 1.807) is 0 Å². The molecule has 0 bridgehead atoms. The van der Waals surface area contributed by atoms with Gasteiger partial charge in [0.15, 0.2) is 5.78 Å². The van der Waals surface area contributed by atoms with Crippen molar-refractivity contribution in [2.45, 2.75) is 26.7 Å². The fraction of sp³-hybridized carbons (Fsp3) is 0.500. The number of nitrogens with zero attached hydrogens (tertiary/aromatic N) is 1. The highest BCUT2D eigenvalue weighted by molar-refractivity contribution is 6.02. The fourth-order valence-corrected chi connectivity index (χ4v) is 2.81. The van der Waals surface area contributed by atoms with Crippen molar-refractivity contribution in [3.63, 3.8) is 0 Å². The number of Topliss-reactive ketones (excluding diaryl/α,β-unsaturated/α-hetero) is 1. The maximum atomic E-state index is 12.7. The number of amides is 1. The molecule has 1 amide bonds. The molecule has 5 nitrogen and oxygen atoms in total. The van der Waals surface area contributed by atoms with Gasteiger partial charge in [-0.25, -0.2) is 0 Å². The SMILES string of the molecule is C#CCCc1c(C(=O)N2CCNCC2)[nH]c(C)c1C(C)=O. The molecule has 1 aromatic rings. The van der Waals surface area contributed by atoms with Crippen LogP contribution in [0.25, 0.3) is 0 Å². The number of aromatic amines is 1. The fourth-order valence-electron chi connectivity index (χ4n) is 2.81. The molecule has 112 valence electrons. The summed E-state index contributed by atoms with van der Waals surface area (Å²) in [5.41, 5.74) is 2.65. The molecule has 1 saturated heterocycles. The Balaban J connectivity index is 2.37. The second kappa shape index (κ2) is 6.59. The molecule has 2 N–H and O–H groups in total. The highest BCUT2D eigenvalue weighted by Gasteiger charge is 2.26. The number of nitrogens with one attached hydrogen (secondary N) is 2. The second-order valence-electron chi connectivity index (χ2n) is 5.28. The van der Waals surface area contributed by atoms with Crippen LogP contribution in [0, 0.1) is 19.3 Å². The number of carbonyl (C=O) groups excluding carboxylic acids is 2. The molecule has 0 saturated carbocycles. The van der Waals surface area contributed by atoms with E-state index in [2.05, 4.69) is 16.2 Å². The highest BCUT2D eigenvalue weighted by Crippen LogP contribution is 2.22. The Kier molecular flexibility index (Phi) is 4.81. The molecule has 1 fully saturated rings. The van der Waals surface area contributed by atoms with Crippen LogP contribution in [0.3, 0.4) is 0 Å². The summed E-state index contributed by atoms with van der Waals surface area (Å²) in [6.45, 7) is 6.30. The number of piperazine rings is 1. The molecule has 5 heteroatoms. The van der Waals surface area contributed by atoms with E-state index in [0.717, 1.165) is 24.3 Å². The van der Waals surface area contributed by atoms with Crippen LogP contribution < -0.4 is 5.32 Å². The van der Waals surface area contributed by atoms with Gasteiger partial charge in [0.2, 0.25) is 0 Å². The van der Waals surface area contributed by atoms with Gasteiger partial charge in [0.25, 0.3) is 5.91 Å². The van der Waals surface area contributed by atoms with Crippen LogP contribution in [0.2, 0.25) is 0 Å². The molecule has 1 aliphatic heterocycles. The first kappa shape index (κ1) is 15.3. The third-order valence-corrected chi connectivity index (χ3v) is 3.78. The zero-order chi connectivity index (χ0) is 15.4. The van der Waals surface area contributed by atoms with Crippen molar-refractivity contribution in [1.82, 2.24) is 15.2 Å². The summed E-state index contributed by atoms with van der Waals surface area (Å²) in [6.07, 6.45) is 6.39. The summed E-state index contributed by atoms with van der Waals surface area (Å²) in [7, 11) is 0. The Morgan fingerprint density at radius 3 is 2.57 bits per heavy atom. The molecular weight excluding hydrogens is 266 g/mol. The average Bonchev–Trinajstić information content (AvgIpc) is 2.81. The van der Waals surface area contributed by atoms with Crippen LogP contribution in [0.15, 0.2) is 0 Å². The monoisotopic (exact) mass is 287 g/mol. The Morgan fingerprint density at radius 2 is 2.00 bits per heavy atom. The maximum absolute atomic E-state index is 12.7. The van der Waals surface area contributed by atoms with E-state index >= 15 is 0 Å². The average molecular weight is 287 g/mol. The largest absolute Gasteiger partial charge is 0.354 e. The molecule has 0 unspecified atom stereocenters. The summed E-state index contributed by atoms with van der Waals surface area (Å²) < 4.78 is 0. The number of rotatable bonds is 4. The third-order valence-electron chi connectivity index (χ3n) is 3.78. The minimum Gasteiger partial charge on any atom is -0.354 e. The zero-order valence-corrected chi connectivity index (χ0v) is 12.6. The zero-order valence-electron chi connectivity index (χ0n) is 12.6. The topological polar surface area (TPSA) is 65.2 Å². The maximum Gasteiger partial charge on any atom is 0.270 e. The van der Waals surface area contributed by atoms with Crippen LogP contribution in [-0.4, -0.2) is 47.8 Å². The van der Waals surface area contributed by atoms with Gasteiger partial charge in [-0.15, -0.1) is 12.3 Å². The first-order valence-corrected chi connectivity index (χ1v) is 7.22. The van der Waals surface area contributed by atoms with Gasteiger partial charge in [-0.2, -0.15) is 0 Å². The Morgan fingerprint density at radius 1 is 1.33 bits per heavy atom. The van der Waals surface area contributed by atoms with Gasteiger partial charge in [0.05, 0.1) is 0 Å². The van der Waals surface area contributed by atoms with Crippen molar-refractivity contribution in [3.8, 4) is 12.3 Å². The van der Waals surface area contributed by atoms with Crippen molar-refractivity contribution in [1.29, 1.82) is 0 Å². The van der Waals surface area contributed by atoms with Crippen LogP contribution >= 0.6 is 0 Å². The van der Waals surface area contributed by atoms with E-state index in [9.17, 15) is 9.59 Å². The summed E-state index contributed by atoms with van der Waals surface area (Å²) in [5, 5.41) is 3.22. The van der Waals surface area contributed by atoms with Crippen LogP contribution in [0.1, 0.15) is 45.4 Å². The van der Waals surface area contributed by atoms with Crippen LogP contribution in [0.4, 0.5) is 0 Å². The molecule has 0 atom stereocenters. The second-order valence-corrected chi connectivity index (χ2v) is 5.28. The Labute approximate surface area is 125 Å². The summed E-state index contributed by atoms with van der Waals surface area (Å²) in [6, 6.07) is 0. The molecule has 1 aliphatic rings. The number of aromatic nitrogens is 1. The third kappa shape index (κ3) is 3.17. The van der Waals surface area contributed by atoms with E-state index in [4.69, 9.17) is 6.42 Å². The summed E-state index contributed by atoms with van der Waals surface area (Å²) in [5.74, 6) is 2.50. The first-order valence-electron chi connectivity index (χ1n) is 7.22. The van der Waals surface area contributed by atoms with E-state index in [1.807, 2.05) is 11.8 Å². The van der Waals surface area contributed by atoms with E-state index < -0.39 is 0 Å². The number of aryl methyl sites for hydroxylation is 1. The summed E-state index contributed by atoms with van der Waals surface area (Å²) >= 11 is 0. The molecule has 0 aromatic carbocycles. The first-order chi connectivity index (χ1) is 10.1. The molecule has 0 spiro atoms. The molecular formula is C16H21N3O2. The van der Waals surface area contributed by atoms with Crippen LogP contribution in [-0.2, 0) is 6.42 Å². The highest BCUT2D eigenvalue weighted by atomic mass is 16.2. The lowest BCUT2D eigenvalue weighted by Crippen LogP contribution is -2.46. The lowest BCUT2D eigenvalue weighted by atomic mass is 10.0. The van der Waals surface area contributed by atoms with E-state index in [0.29, 0.717) is 37.2 Å². The van der Waals surface area contributed by atoms with Gasteiger partial charge in [-0.05, 0) is 25.8 Å². The molecule has 0 aliphatic carbocycles. The van der Waals surface area contributed by atoms with Gasteiger partial charge in [0.1, 0.15) is 5.69 Å². The lowest BCUT2D eigenvalue weighted by molar-refractivity contribution is 0.0729. The lowest BCUT2D eigenvalue weighted by Gasteiger charge is -2.27. The van der Waals surface area contributed by atoms with Gasteiger partial charge >= 0.3 is 0 Å². The summed E-state index contributed by atoms with van der Waals surface area (Å²) in [4.78, 5) is 29.4. The van der Waals surface area contributed by atoms with Crippen molar-refractivity contribution in [2.75, 3.05) is 26.2 Å². The van der Waals surface area contributed by atoms with Gasteiger partial charge in [-0.1, -0.05) is 0 Å². The predicted octanol–water partition coefficient (Wildman–Crippen LogP) is 1.14. The van der Waals surface area contributed by atoms with Crippen molar-refractivity contribution >= 4 is 11.7 Å². The molecule has 21 heavy (non-hydrogen) atoms. The van der Waals surface area contributed by atoms with Gasteiger partial charge in [-0.3, -0.25) is 9.59 Å². The number of ketones is 1. The Hall–Kier alpha value is -2.06. The Bertz CT molecular complexity index is 589. The van der Waals surface area contributed by atoms with Crippen LogP contribution in [0.5, 0.6) is 0 Å². The minimum atomic E-state index is -0.0425. The van der Waals surface area contributed by atoms with E-state index in [-0.39, 0.29) is 11.7 Å². The van der Waals surface area contributed by atoms with Gasteiger partial charge in [0, 0.05) is 43.9 Å².